The van der Waals surface area contributed by atoms with Crippen LogP contribution in [0.2, 0.25) is 0 Å². The van der Waals surface area contributed by atoms with Crippen molar-refractivity contribution in [2.45, 2.75) is 13.3 Å². The molecule has 0 fully saturated rings. The summed E-state index contributed by atoms with van der Waals surface area (Å²) in [4.78, 5) is 10.2. The highest BCUT2D eigenvalue weighted by molar-refractivity contribution is 5.77. The minimum absolute atomic E-state index is 0.0448. The topological polar surface area (TPSA) is 37.3 Å². The molecule has 10 heavy (non-hydrogen) atoms. The summed E-state index contributed by atoms with van der Waals surface area (Å²) in [5, 5.41) is 8.73. The van der Waals surface area contributed by atoms with Crippen molar-refractivity contribution >= 4 is 6.29 Å². The number of carbonyl (C=O) groups excluding carboxylic acids is 1. The van der Waals surface area contributed by atoms with Gasteiger partial charge in [0.2, 0.25) is 0 Å². The van der Waals surface area contributed by atoms with E-state index in [0.29, 0.717) is 6.42 Å². The lowest BCUT2D eigenvalue weighted by Gasteiger charge is -1.93. The predicted octanol–water partition coefficient (Wildman–Crippen LogP) is 0.824. The maximum Gasteiger partial charge on any atom is 0.146 e. The molecule has 2 heteroatoms. The van der Waals surface area contributed by atoms with E-state index in [1.165, 1.54) is 0 Å². The molecule has 0 unspecified atom stereocenters. The Balaban J connectivity index is 2.77. The van der Waals surface area contributed by atoms with Gasteiger partial charge in [0, 0.05) is 0 Å². The maximum absolute atomic E-state index is 10.2. The number of hydrogen-bond acceptors (Lipinski definition) is 2. The lowest BCUT2D eigenvalue weighted by molar-refractivity contribution is -0.104. The highest BCUT2D eigenvalue weighted by Gasteiger charge is 2.09. The highest BCUT2D eigenvalue weighted by Crippen LogP contribution is 2.22. The van der Waals surface area contributed by atoms with E-state index >= 15 is 0 Å². The van der Waals surface area contributed by atoms with Gasteiger partial charge in [-0.3, -0.25) is 4.79 Å². The lowest BCUT2D eigenvalue weighted by atomic mass is 10.2. The van der Waals surface area contributed by atoms with Crippen LogP contribution in [0.4, 0.5) is 0 Å². The van der Waals surface area contributed by atoms with Crippen molar-refractivity contribution in [1.82, 2.24) is 0 Å². The molecule has 0 saturated heterocycles. The smallest absolute Gasteiger partial charge is 0.146 e. The van der Waals surface area contributed by atoms with Gasteiger partial charge >= 0.3 is 0 Å². The Morgan fingerprint density at radius 2 is 2.50 bits per heavy atom. The first-order chi connectivity index (χ1) is 4.77. The lowest BCUT2D eigenvalue weighted by Crippen LogP contribution is -1.85. The summed E-state index contributed by atoms with van der Waals surface area (Å²) in [5.41, 5.74) is 2.76. The summed E-state index contributed by atoms with van der Waals surface area (Å²) in [7, 11) is 0. The molecule has 0 aromatic heterocycles. The number of hydrogen-bond donors (Lipinski definition) is 1. The molecule has 54 valence electrons. The van der Waals surface area contributed by atoms with E-state index in [9.17, 15) is 4.79 Å². The van der Waals surface area contributed by atoms with Crippen molar-refractivity contribution in [3.05, 3.63) is 22.8 Å². The van der Waals surface area contributed by atoms with Crippen molar-refractivity contribution in [3.63, 3.8) is 0 Å². The Hall–Kier alpha value is -0.890. The van der Waals surface area contributed by atoms with Gasteiger partial charge in [0.1, 0.15) is 6.29 Å². The SMILES string of the molecule is CC1=C(CO)C=C(C=O)C1. The van der Waals surface area contributed by atoms with Crippen LogP contribution < -0.4 is 0 Å². The Bertz CT molecular complexity index is 211. The van der Waals surface area contributed by atoms with Gasteiger partial charge in [-0.15, -0.1) is 0 Å². The number of aliphatic hydroxyl groups excluding tert-OH is 1. The fourth-order valence-electron chi connectivity index (χ4n) is 1.07. The van der Waals surface area contributed by atoms with Crippen molar-refractivity contribution in [2.75, 3.05) is 6.61 Å². The molecule has 0 atom stereocenters. The zero-order valence-corrected chi connectivity index (χ0v) is 5.92. The molecule has 0 amide bonds. The average Bonchev–Trinajstić information content (AvgIpc) is 2.30. The molecule has 1 aliphatic rings. The molecule has 2 nitrogen and oxygen atoms in total. The van der Waals surface area contributed by atoms with Crippen LogP contribution in [0.1, 0.15) is 13.3 Å². The van der Waals surface area contributed by atoms with Gasteiger partial charge in [-0.25, -0.2) is 0 Å². The summed E-state index contributed by atoms with van der Waals surface area (Å²) in [6, 6.07) is 0. The second-order valence-electron chi connectivity index (χ2n) is 2.48. The van der Waals surface area contributed by atoms with Crippen LogP contribution in [0.5, 0.6) is 0 Å². The van der Waals surface area contributed by atoms with Crippen molar-refractivity contribution < 1.29 is 9.90 Å². The molecular weight excluding hydrogens is 128 g/mol. The molecule has 0 aromatic carbocycles. The molecule has 0 heterocycles. The van der Waals surface area contributed by atoms with Crippen LogP contribution in [-0.2, 0) is 4.79 Å². The van der Waals surface area contributed by atoms with Gasteiger partial charge in [-0.1, -0.05) is 5.57 Å². The van der Waals surface area contributed by atoms with Gasteiger partial charge in [0.15, 0.2) is 0 Å². The van der Waals surface area contributed by atoms with Crippen molar-refractivity contribution in [3.8, 4) is 0 Å². The van der Waals surface area contributed by atoms with E-state index in [-0.39, 0.29) is 6.61 Å². The summed E-state index contributed by atoms with van der Waals surface area (Å²) in [5.74, 6) is 0. The zero-order valence-electron chi connectivity index (χ0n) is 5.92. The van der Waals surface area contributed by atoms with Gasteiger partial charge in [-0.05, 0) is 30.6 Å². The van der Waals surface area contributed by atoms with Crippen LogP contribution >= 0.6 is 0 Å². The molecule has 0 spiro atoms. The number of carbonyl (C=O) groups is 1. The predicted molar refractivity (Wildman–Crippen MR) is 38.5 cm³/mol. The van der Waals surface area contributed by atoms with E-state index in [1.807, 2.05) is 6.92 Å². The molecule has 0 radical (unpaired) electrons. The van der Waals surface area contributed by atoms with Crippen LogP contribution in [0.3, 0.4) is 0 Å². The quantitative estimate of drug-likeness (QED) is 0.574. The fourth-order valence-corrected chi connectivity index (χ4v) is 1.07. The number of aldehydes is 1. The molecule has 0 bridgehead atoms. The van der Waals surface area contributed by atoms with E-state index in [0.717, 1.165) is 23.0 Å². The van der Waals surface area contributed by atoms with Gasteiger partial charge in [0.25, 0.3) is 0 Å². The van der Waals surface area contributed by atoms with E-state index in [4.69, 9.17) is 5.11 Å². The standard InChI is InChI=1S/C8H10O2/c1-6-2-7(4-9)3-8(6)5-10/h3-4,10H,2,5H2,1H3. The molecule has 0 aliphatic heterocycles. The molecule has 1 N–H and O–H groups in total. The summed E-state index contributed by atoms with van der Waals surface area (Å²) in [6.45, 7) is 1.97. The van der Waals surface area contributed by atoms with Crippen LogP contribution in [0.15, 0.2) is 22.8 Å². The highest BCUT2D eigenvalue weighted by atomic mass is 16.3. The second-order valence-corrected chi connectivity index (χ2v) is 2.48. The van der Waals surface area contributed by atoms with Crippen LogP contribution in [0.25, 0.3) is 0 Å². The summed E-state index contributed by atoms with van der Waals surface area (Å²) >= 11 is 0. The molecule has 1 aliphatic carbocycles. The number of aliphatic hydroxyl groups is 1. The van der Waals surface area contributed by atoms with Gasteiger partial charge in [-0.2, -0.15) is 0 Å². The van der Waals surface area contributed by atoms with Crippen molar-refractivity contribution in [1.29, 1.82) is 0 Å². The minimum atomic E-state index is 0.0448. The van der Waals surface area contributed by atoms with Crippen LogP contribution in [-0.4, -0.2) is 18.0 Å². The molecule has 1 rings (SSSR count). The first-order valence-electron chi connectivity index (χ1n) is 3.23. The maximum atomic E-state index is 10.2. The zero-order chi connectivity index (χ0) is 7.56. The summed E-state index contributed by atoms with van der Waals surface area (Å²) < 4.78 is 0. The molecule has 0 aromatic rings. The van der Waals surface area contributed by atoms with Crippen molar-refractivity contribution in [2.24, 2.45) is 0 Å². The van der Waals surface area contributed by atoms with E-state index < -0.39 is 0 Å². The molecular formula is C8H10O2. The molecule has 0 saturated carbocycles. The Morgan fingerprint density at radius 3 is 2.80 bits per heavy atom. The summed E-state index contributed by atoms with van der Waals surface area (Å²) in [6.07, 6.45) is 3.30. The van der Waals surface area contributed by atoms with Gasteiger partial charge < -0.3 is 5.11 Å². The Morgan fingerprint density at radius 1 is 1.80 bits per heavy atom. The third-order valence-electron chi connectivity index (χ3n) is 1.70. The van der Waals surface area contributed by atoms with E-state index in [1.54, 1.807) is 6.08 Å². The second kappa shape index (κ2) is 2.80. The fraction of sp³-hybridized carbons (Fsp3) is 0.375. The van der Waals surface area contributed by atoms with Gasteiger partial charge in [0.05, 0.1) is 6.61 Å². The Kier molecular flexibility index (Phi) is 2.02. The monoisotopic (exact) mass is 138 g/mol. The van der Waals surface area contributed by atoms with Crippen LogP contribution in [0, 0.1) is 0 Å². The minimum Gasteiger partial charge on any atom is -0.392 e. The first-order valence-corrected chi connectivity index (χ1v) is 3.23. The Labute approximate surface area is 59.9 Å². The average molecular weight is 138 g/mol. The first kappa shape index (κ1) is 7.22. The number of allylic oxidation sites excluding steroid dienone is 2. The third kappa shape index (κ3) is 1.16. The third-order valence-corrected chi connectivity index (χ3v) is 1.70. The number of rotatable bonds is 2. The largest absolute Gasteiger partial charge is 0.392 e. The van der Waals surface area contributed by atoms with E-state index in [2.05, 4.69) is 0 Å². The normalized spacial score (nSPS) is 17.6.